The van der Waals surface area contributed by atoms with E-state index in [9.17, 15) is 0 Å². The van der Waals surface area contributed by atoms with Crippen molar-refractivity contribution in [3.63, 3.8) is 0 Å². The zero-order valence-corrected chi connectivity index (χ0v) is 11.6. The SMILES string of the molecule is Nc1ccncc1CC(N)Cc1ccccc1Br. The third-order valence-electron chi connectivity index (χ3n) is 2.86. The van der Waals surface area contributed by atoms with Crippen molar-refractivity contribution in [2.45, 2.75) is 18.9 Å². The Morgan fingerprint density at radius 1 is 1.11 bits per heavy atom. The van der Waals surface area contributed by atoms with Crippen molar-refractivity contribution in [3.8, 4) is 0 Å². The molecule has 2 rings (SSSR count). The number of hydrogen-bond donors (Lipinski definition) is 2. The summed E-state index contributed by atoms with van der Waals surface area (Å²) in [6, 6.07) is 9.97. The van der Waals surface area contributed by atoms with Crippen LogP contribution in [0.25, 0.3) is 0 Å². The van der Waals surface area contributed by atoms with E-state index in [2.05, 4.69) is 27.0 Å². The number of aromatic nitrogens is 1. The van der Waals surface area contributed by atoms with Crippen molar-refractivity contribution in [3.05, 3.63) is 58.3 Å². The lowest BCUT2D eigenvalue weighted by atomic mass is 10.00. The van der Waals surface area contributed by atoms with Crippen molar-refractivity contribution < 1.29 is 0 Å². The van der Waals surface area contributed by atoms with Gasteiger partial charge < -0.3 is 11.5 Å². The van der Waals surface area contributed by atoms with Crippen LogP contribution in [0.1, 0.15) is 11.1 Å². The van der Waals surface area contributed by atoms with Crippen molar-refractivity contribution in [2.75, 3.05) is 5.73 Å². The summed E-state index contributed by atoms with van der Waals surface area (Å²) in [5.74, 6) is 0. The molecular formula is C14H16BrN3. The highest BCUT2D eigenvalue weighted by Crippen LogP contribution is 2.19. The van der Waals surface area contributed by atoms with Gasteiger partial charge in [0, 0.05) is 28.6 Å². The highest BCUT2D eigenvalue weighted by molar-refractivity contribution is 9.10. The Morgan fingerprint density at radius 3 is 2.56 bits per heavy atom. The van der Waals surface area contributed by atoms with Gasteiger partial charge in [-0.25, -0.2) is 0 Å². The van der Waals surface area contributed by atoms with Crippen molar-refractivity contribution in [1.82, 2.24) is 4.98 Å². The molecule has 1 aromatic carbocycles. The number of anilines is 1. The average Bonchev–Trinajstić information content (AvgIpc) is 2.35. The number of halogens is 1. The Morgan fingerprint density at radius 2 is 1.83 bits per heavy atom. The van der Waals surface area contributed by atoms with Gasteiger partial charge in [-0.15, -0.1) is 0 Å². The molecule has 0 radical (unpaired) electrons. The van der Waals surface area contributed by atoms with Crippen LogP contribution in [0.5, 0.6) is 0 Å². The maximum atomic E-state index is 6.17. The third-order valence-corrected chi connectivity index (χ3v) is 3.64. The molecule has 3 nitrogen and oxygen atoms in total. The highest BCUT2D eigenvalue weighted by Gasteiger charge is 2.09. The molecule has 0 saturated carbocycles. The van der Waals surface area contributed by atoms with Crippen LogP contribution in [0.3, 0.4) is 0 Å². The average molecular weight is 306 g/mol. The largest absolute Gasteiger partial charge is 0.398 e. The molecule has 0 saturated heterocycles. The molecule has 1 heterocycles. The Kier molecular flexibility index (Phi) is 4.33. The molecule has 0 bridgehead atoms. The normalized spacial score (nSPS) is 12.3. The number of benzene rings is 1. The fourth-order valence-corrected chi connectivity index (χ4v) is 2.36. The molecule has 0 aliphatic rings. The quantitative estimate of drug-likeness (QED) is 0.912. The summed E-state index contributed by atoms with van der Waals surface area (Å²) in [6.45, 7) is 0. The minimum absolute atomic E-state index is 0.0372. The van der Waals surface area contributed by atoms with Crippen LogP contribution in [-0.4, -0.2) is 11.0 Å². The van der Waals surface area contributed by atoms with E-state index < -0.39 is 0 Å². The van der Waals surface area contributed by atoms with Crippen LogP contribution < -0.4 is 11.5 Å². The number of hydrogen-bond acceptors (Lipinski definition) is 3. The van der Waals surface area contributed by atoms with Crippen LogP contribution >= 0.6 is 15.9 Å². The number of nitrogens with zero attached hydrogens (tertiary/aromatic N) is 1. The summed E-state index contributed by atoms with van der Waals surface area (Å²) in [7, 11) is 0. The second-order valence-electron chi connectivity index (χ2n) is 4.33. The molecule has 0 aliphatic heterocycles. The van der Waals surface area contributed by atoms with E-state index in [0.29, 0.717) is 0 Å². The monoisotopic (exact) mass is 305 g/mol. The second-order valence-corrected chi connectivity index (χ2v) is 5.19. The highest BCUT2D eigenvalue weighted by atomic mass is 79.9. The van der Waals surface area contributed by atoms with Gasteiger partial charge in [0.2, 0.25) is 0 Å². The lowest BCUT2D eigenvalue weighted by Gasteiger charge is -2.13. The van der Waals surface area contributed by atoms with Gasteiger partial charge in [0.05, 0.1) is 0 Å². The first-order valence-electron chi connectivity index (χ1n) is 5.84. The molecule has 1 aromatic heterocycles. The van der Waals surface area contributed by atoms with Gasteiger partial charge in [-0.05, 0) is 36.1 Å². The van der Waals surface area contributed by atoms with Gasteiger partial charge in [-0.2, -0.15) is 0 Å². The van der Waals surface area contributed by atoms with Gasteiger partial charge in [0.15, 0.2) is 0 Å². The first kappa shape index (κ1) is 13.1. The van der Waals surface area contributed by atoms with E-state index in [0.717, 1.165) is 28.6 Å². The summed E-state index contributed by atoms with van der Waals surface area (Å²) >= 11 is 3.53. The van der Waals surface area contributed by atoms with E-state index in [1.165, 1.54) is 5.56 Å². The molecule has 1 unspecified atom stereocenters. The minimum atomic E-state index is 0.0372. The summed E-state index contributed by atoms with van der Waals surface area (Å²) in [6.07, 6.45) is 5.03. The fraction of sp³-hybridized carbons (Fsp3) is 0.214. The predicted molar refractivity (Wildman–Crippen MR) is 78.2 cm³/mol. The van der Waals surface area contributed by atoms with Gasteiger partial charge >= 0.3 is 0 Å². The Balaban J connectivity index is 2.04. The summed E-state index contributed by atoms with van der Waals surface area (Å²) in [4.78, 5) is 4.08. The Hall–Kier alpha value is -1.39. The topological polar surface area (TPSA) is 64.9 Å². The molecule has 94 valence electrons. The molecule has 0 amide bonds. The predicted octanol–water partition coefficient (Wildman–Crippen LogP) is 2.54. The fourth-order valence-electron chi connectivity index (χ4n) is 1.91. The molecule has 4 heteroatoms. The van der Waals surface area contributed by atoms with E-state index in [4.69, 9.17) is 11.5 Å². The van der Waals surface area contributed by atoms with Crippen LogP contribution in [0.2, 0.25) is 0 Å². The first-order valence-corrected chi connectivity index (χ1v) is 6.63. The number of nitrogen functional groups attached to an aromatic ring is 1. The molecule has 4 N–H and O–H groups in total. The van der Waals surface area contributed by atoms with Crippen molar-refractivity contribution >= 4 is 21.6 Å². The molecule has 2 aromatic rings. The van der Waals surface area contributed by atoms with E-state index in [1.54, 1.807) is 18.5 Å². The lowest BCUT2D eigenvalue weighted by molar-refractivity contribution is 0.663. The number of pyridine rings is 1. The minimum Gasteiger partial charge on any atom is -0.398 e. The standard InChI is InChI=1S/C14H16BrN3/c15-13-4-2-1-3-10(13)7-12(16)8-11-9-18-6-5-14(11)17/h1-6,9,12H,7-8,16H2,(H2,17,18). The van der Waals surface area contributed by atoms with E-state index >= 15 is 0 Å². The molecular weight excluding hydrogens is 290 g/mol. The van der Waals surface area contributed by atoms with Gasteiger partial charge in [0.25, 0.3) is 0 Å². The van der Waals surface area contributed by atoms with Crippen molar-refractivity contribution in [1.29, 1.82) is 0 Å². The Labute approximate surface area is 115 Å². The zero-order chi connectivity index (χ0) is 13.0. The Bertz CT molecular complexity index is 480. The second kappa shape index (κ2) is 5.98. The van der Waals surface area contributed by atoms with Crippen LogP contribution in [-0.2, 0) is 12.8 Å². The molecule has 0 fully saturated rings. The van der Waals surface area contributed by atoms with E-state index in [1.807, 2.05) is 18.2 Å². The van der Waals surface area contributed by atoms with Crippen LogP contribution in [0, 0.1) is 0 Å². The molecule has 1 atom stereocenters. The maximum Gasteiger partial charge on any atom is 0.0378 e. The molecule has 0 spiro atoms. The van der Waals surface area contributed by atoms with Crippen molar-refractivity contribution in [2.24, 2.45) is 5.73 Å². The third kappa shape index (κ3) is 3.31. The maximum absolute atomic E-state index is 6.17. The van der Waals surface area contributed by atoms with Gasteiger partial charge in [-0.3, -0.25) is 4.98 Å². The van der Waals surface area contributed by atoms with Gasteiger partial charge in [-0.1, -0.05) is 34.1 Å². The van der Waals surface area contributed by atoms with Crippen LogP contribution in [0.15, 0.2) is 47.2 Å². The first-order chi connectivity index (χ1) is 8.66. The molecule has 0 aliphatic carbocycles. The number of nitrogens with two attached hydrogens (primary N) is 2. The van der Waals surface area contributed by atoms with Gasteiger partial charge in [0.1, 0.15) is 0 Å². The summed E-state index contributed by atoms with van der Waals surface area (Å²) in [5, 5.41) is 0. The summed E-state index contributed by atoms with van der Waals surface area (Å²) in [5.41, 5.74) is 15.0. The smallest absolute Gasteiger partial charge is 0.0378 e. The summed E-state index contributed by atoms with van der Waals surface area (Å²) < 4.78 is 1.10. The zero-order valence-electron chi connectivity index (χ0n) is 10.0. The molecule has 18 heavy (non-hydrogen) atoms. The van der Waals surface area contributed by atoms with Crippen LogP contribution in [0.4, 0.5) is 5.69 Å². The number of rotatable bonds is 4. The van der Waals surface area contributed by atoms with E-state index in [-0.39, 0.29) is 6.04 Å². The lowest BCUT2D eigenvalue weighted by Crippen LogP contribution is -2.26.